The Morgan fingerprint density at radius 3 is 3.00 bits per heavy atom. The fraction of sp³-hybridized carbons (Fsp3) is 1.00. The summed E-state index contributed by atoms with van der Waals surface area (Å²) < 4.78 is 0.473. The van der Waals surface area contributed by atoms with E-state index >= 15 is 0 Å². The van der Waals surface area contributed by atoms with Crippen molar-refractivity contribution in [2.75, 3.05) is 38.5 Å². The molecule has 0 aromatic heterocycles. The van der Waals surface area contributed by atoms with Gasteiger partial charge in [-0.05, 0) is 45.7 Å². The Hall–Kier alpha value is 0.270. The zero-order valence-electron chi connectivity index (χ0n) is 10.1. The summed E-state index contributed by atoms with van der Waals surface area (Å²) in [5, 5.41) is 3.51. The van der Waals surface area contributed by atoms with E-state index in [2.05, 4.69) is 35.8 Å². The topological polar surface area (TPSA) is 15.3 Å². The monoisotopic (exact) mass is 228 g/mol. The van der Waals surface area contributed by atoms with E-state index in [1.807, 2.05) is 0 Å². The lowest BCUT2D eigenvalue weighted by Crippen LogP contribution is -2.47. The minimum absolute atomic E-state index is 0.473. The minimum atomic E-state index is 0.473. The SMILES string of the molecule is CC1(C)CN(CC2CCCNC2)CCS1. The molecule has 0 amide bonds. The molecule has 0 aliphatic carbocycles. The van der Waals surface area contributed by atoms with Crippen molar-refractivity contribution in [1.29, 1.82) is 0 Å². The number of hydrogen-bond acceptors (Lipinski definition) is 3. The molecular formula is C12H24N2S. The second kappa shape index (κ2) is 5.07. The van der Waals surface area contributed by atoms with Gasteiger partial charge in [0, 0.05) is 30.1 Å². The van der Waals surface area contributed by atoms with Gasteiger partial charge in [-0.2, -0.15) is 11.8 Å². The molecule has 2 fully saturated rings. The van der Waals surface area contributed by atoms with Crippen LogP contribution in [0.1, 0.15) is 26.7 Å². The average molecular weight is 228 g/mol. The van der Waals surface area contributed by atoms with Crippen LogP contribution in [0.2, 0.25) is 0 Å². The Labute approximate surface area is 98.2 Å². The van der Waals surface area contributed by atoms with Crippen molar-refractivity contribution in [3.8, 4) is 0 Å². The molecule has 0 aromatic rings. The molecule has 2 aliphatic rings. The van der Waals surface area contributed by atoms with Crippen LogP contribution < -0.4 is 5.32 Å². The molecule has 0 bridgehead atoms. The third-order valence-corrected chi connectivity index (χ3v) is 4.72. The molecule has 2 saturated heterocycles. The Kier molecular flexibility index (Phi) is 3.97. The molecule has 88 valence electrons. The lowest BCUT2D eigenvalue weighted by atomic mass is 9.98. The highest BCUT2D eigenvalue weighted by Crippen LogP contribution is 2.30. The van der Waals surface area contributed by atoms with E-state index in [-0.39, 0.29) is 0 Å². The normalized spacial score (nSPS) is 32.8. The van der Waals surface area contributed by atoms with E-state index in [1.54, 1.807) is 0 Å². The van der Waals surface area contributed by atoms with E-state index in [9.17, 15) is 0 Å². The summed E-state index contributed by atoms with van der Waals surface area (Å²) in [6.07, 6.45) is 2.80. The zero-order chi connectivity index (χ0) is 10.7. The summed E-state index contributed by atoms with van der Waals surface area (Å²) in [7, 11) is 0. The standard InChI is InChI=1S/C12H24N2S/c1-12(2)10-14(6-7-15-12)9-11-4-3-5-13-8-11/h11,13H,3-10H2,1-2H3. The molecule has 15 heavy (non-hydrogen) atoms. The maximum absolute atomic E-state index is 3.51. The van der Waals surface area contributed by atoms with Crippen LogP contribution in [0.4, 0.5) is 0 Å². The third-order valence-electron chi connectivity index (χ3n) is 3.42. The van der Waals surface area contributed by atoms with Crippen molar-refractivity contribution in [1.82, 2.24) is 10.2 Å². The van der Waals surface area contributed by atoms with Crippen LogP contribution in [-0.4, -0.2) is 48.1 Å². The van der Waals surface area contributed by atoms with Gasteiger partial charge in [-0.15, -0.1) is 0 Å². The highest BCUT2D eigenvalue weighted by molar-refractivity contribution is 8.00. The lowest BCUT2D eigenvalue weighted by Gasteiger charge is -2.39. The summed E-state index contributed by atoms with van der Waals surface area (Å²) in [5.74, 6) is 2.21. The first-order chi connectivity index (χ1) is 7.16. The Morgan fingerprint density at radius 1 is 1.47 bits per heavy atom. The summed E-state index contributed by atoms with van der Waals surface area (Å²) in [5.41, 5.74) is 0. The maximum Gasteiger partial charge on any atom is 0.0231 e. The summed E-state index contributed by atoms with van der Waals surface area (Å²) >= 11 is 2.13. The van der Waals surface area contributed by atoms with E-state index in [1.165, 1.54) is 51.3 Å². The fourth-order valence-electron chi connectivity index (χ4n) is 2.72. The minimum Gasteiger partial charge on any atom is -0.316 e. The second-order valence-corrected chi connectivity index (χ2v) is 7.36. The van der Waals surface area contributed by atoms with Gasteiger partial charge in [-0.25, -0.2) is 0 Å². The largest absolute Gasteiger partial charge is 0.316 e. The van der Waals surface area contributed by atoms with Crippen LogP contribution in [-0.2, 0) is 0 Å². The van der Waals surface area contributed by atoms with E-state index in [4.69, 9.17) is 0 Å². The quantitative estimate of drug-likeness (QED) is 0.776. The van der Waals surface area contributed by atoms with Crippen molar-refractivity contribution in [3.63, 3.8) is 0 Å². The Balaban J connectivity index is 1.78. The Bertz CT molecular complexity index is 200. The van der Waals surface area contributed by atoms with Crippen LogP contribution in [0.25, 0.3) is 0 Å². The molecule has 0 spiro atoms. The van der Waals surface area contributed by atoms with Gasteiger partial charge < -0.3 is 10.2 Å². The Morgan fingerprint density at radius 2 is 2.33 bits per heavy atom. The molecule has 2 heterocycles. The third kappa shape index (κ3) is 3.65. The molecule has 1 atom stereocenters. The predicted molar refractivity (Wildman–Crippen MR) is 68.6 cm³/mol. The van der Waals surface area contributed by atoms with Crippen LogP contribution >= 0.6 is 11.8 Å². The van der Waals surface area contributed by atoms with Gasteiger partial charge in [0.25, 0.3) is 0 Å². The van der Waals surface area contributed by atoms with Crippen LogP contribution in [0.5, 0.6) is 0 Å². The average Bonchev–Trinajstić information content (AvgIpc) is 2.17. The molecule has 2 nitrogen and oxygen atoms in total. The molecular weight excluding hydrogens is 204 g/mol. The van der Waals surface area contributed by atoms with Gasteiger partial charge in [0.05, 0.1) is 0 Å². The second-order valence-electron chi connectivity index (χ2n) is 5.56. The summed E-state index contributed by atoms with van der Waals surface area (Å²) in [6, 6.07) is 0. The number of hydrogen-bond donors (Lipinski definition) is 1. The van der Waals surface area contributed by atoms with Gasteiger partial charge in [0.1, 0.15) is 0 Å². The van der Waals surface area contributed by atoms with Crippen molar-refractivity contribution in [3.05, 3.63) is 0 Å². The van der Waals surface area contributed by atoms with Crippen LogP contribution in [0.15, 0.2) is 0 Å². The first-order valence-corrected chi connectivity index (χ1v) is 7.21. The first-order valence-electron chi connectivity index (χ1n) is 6.23. The summed E-state index contributed by atoms with van der Waals surface area (Å²) in [6.45, 7) is 11.1. The van der Waals surface area contributed by atoms with Crippen LogP contribution in [0, 0.1) is 5.92 Å². The molecule has 2 aliphatic heterocycles. The smallest absolute Gasteiger partial charge is 0.0231 e. The number of nitrogens with zero attached hydrogens (tertiary/aromatic N) is 1. The highest BCUT2D eigenvalue weighted by Gasteiger charge is 2.28. The molecule has 0 aromatic carbocycles. The number of piperidine rings is 1. The van der Waals surface area contributed by atoms with E-state index in [0.29, 0.717) is 4.75 Å². The van der Waals surface area contributed by atoms with Gasteiger partial charge >= 0.3 is 0 Å². The van der Waals surface area contributed by atoms with Gasteiger partial charge in [0.2, 0.25) is 0 Å². The molecule has 1 N–H and O–H groups in total. The predicted octanol–water partition coefficient (Wildman–Crippen LogP) is 1.81. The molecule has 1 unspecified atom stereocenters. The van der Waals surface area contributed by atoms with Crippen molar-refractivity contribution < 1.29 is 0 Å². The van der Waals surface area contributed by atoms with Crippen molar-refractivity contribution >= 4 is 11.8 Å². The number of rotatable bonds is 2. The molecule has 0 saturated carbocycles. The first kappa shape index (κ1) is 11.7. The maximum atomic E-state index is 3.51. The summed E-state index contributed by atoms with van der Waals surface area (Å²) in [4.78, 5) is 2.67. The molecule has 3 heteroatoms. The molecule has 2 rings (SSSR count). The molecule has 0 radical (unpaired) electrons. The van der Waals surface area contributed by atoms with E-state index < -0.39 is 0 Å². The van der Waals surface area contributed by atoms with Gasteiger partial charge in [0.15, 0.2) is 0 Å². The fourth-order valence-corrected chi connectivity index (χ4v) is 3.89. The highest BCUT2D eigenvalue weighted by atomic mass is 32.2. The van der Waals surface area contributed by atoms with E-state index in [0.717, 1.165) is 5.92 Å². The van der Waals surface area contributed by atoms with Crippen molar-refractivity contribution in [2.24, 2.45) is 5.92 Å². The number of nitrogens with one attached hydrogen (secondary N) is 1. The van der Waals surface area contributed by atoms with Crippen LogP contribution in [0.3, 0.4) is 0 Å². The zero-order valence-corrected chi connectivity index (χ0v) is 10.9. The van der Waals surface area contributed by atoms with Gasteiger partial charge in [-0.1, -0.05) is 0 Å². The lowest BCUT2D eigenvalue weighted by molar-refractivity contribution is 0.200. The number of thioether (sulfide) groups is 1. The van der Waals surface area contributed by atoms with Crippen molar-refractivity contribution in [2.45, 2.75) is 31.4 Å². The van der Waals surface area contributed by atoms with Gasteiger partial charge in [-0.3, -0.25) is 0 Å².